The molecule has 58 valence electrons. The SMILES string of the molecule is C=CS(=O)(=O)C1CCCC1. The number of rotatable bonds is 2. The van der Waals surface area contributed by atoms with Gasteiger partial charge in [0.05, 0.1) is 5.25 Å². The van der Waals surface area contributed by atoms with Crippen LogP contribution in [0.1, 0.15) is 25.7 Å². The van der Waals surface area contributed by atoms with E-state index in [0.29, 0.717) is 0 Å². The van der Waals surface area contributed by atoms with E-state index in [1.54, 1.807) is 0 Å². The minimum Gasteiger partial charge on any atom is -0.224 e. The van der Waals surface area contributed by atoms with Crippen molar-refractivity contribution in [1.29, 1.82) is 0 Å². The van der Waals surface area contributed by atoms with Crippen molar-refractivity contribution < 1.29 is 8.42 Å². The Morgan fingerprint density at radius 1 is 1.30 bits per heavy atom. The Bertz CT molecular complexity index is 210. The first-order valence-corrected chi connectivity index (χ1v) is 5.14. The Morgan fingerprint density at radius 2 is 1.80 bits per heavy atom. The van der Waals surface area contributed by atoms with Gasteiger partial charge in [-0.15, -0.1) is 0 Å². The minimum atomic E-state index is -2.93. The fourth-order valence-corrected chi connectivity index (χ4v) is 2.62. The van der Waals surface area contributed by atoms with E-state index in [1.807, 2.05) is 0 Å². The molecular formula is C7H12O2S. The summed E-state index contributed by atoms with van der Waals surface area (Å²) < 4.78 is 22.2. The second-order valence-electron chi connectivity index (χ2n) is 2.66. The molecule has 0 amide bonds. The van der Waals surface area contributed by atoms with Gasteiger partial charge >= 0.3 is 0 Å². The molecule has 0 unspecified atom stereocenters. The first-order valence-electron chi connectivity index (χ1n) is 3.53. The standard InChI is InChI=1S/C7H12O2S/c1-2-10(8,9)7-5-3-4-6-7/h2,7H,1,3-6H2. The highest BCUT2D eigenvalue weighted by Gasteiger charge is 2.25. The summed E-state index contributed by atoms with van der Waals surface area (Å²) in [4.78, 5) is 0. The molecule has 1 rings (SSSR count). The van der Waals surface area contributed by atoms with Crippen molar-refractivity contribution in [3.8, 4) is 0 Å². The van der Waals surface area contributed by atoms with Gasteiger partial charge in [-0.2, -0.15) is 0 Å². The van der Waals surface area contributed by atoms with Gasteiger partial charge in [-0.05, 0) is 12.8 Å². The van der Waals surface area contributed by atoms with Gasteiger partial charge < -0.3 is 0 Å². The van der Waals surface area contributed by atoms with Gasteiger partial charge in [0.15, 0.2) is 9.84 Å². The van der Waals surface area contributed by atoms with Gasteiger partial charge in [-0.25, -0.2) is 8.42 Å². The molecule has 0 aromatic rings. The molecule has 0 atom stereocenters. The smallest absolute Gasteiger partial charge is 0.173 e. The zero-order chi connectivity index (χ0) is 7.61. The van der Waals surface area contributed by atoms with E-state index in [0.717, 1.165) is 31.1 Å². The van der Waals surface area contributed by atoms with E-state index >= 15 is 0 Å². The third-order valence-electron chi connectivity index (χ3n) is 2.00. The summed E-state index contributed by atoms with van der Waals surface area (Å²) in [5, 5.41) is 0.966. The zero-order valence-corrected chi connectivity index (χ0v) is 6.73. The van der Waals surface area contributed by atoms with Gasteiger partial charge in [-0.1, -0.05) is 19.4 Å². The maximum Gasteiger partial charge on any atom is 0.173 e. The van der Waals surface area contributed by atoms with Gasteiger partial charge in [0.2, 0.25) is 0 Å². The molecule has 0 bridgehead atoms. The van der Waals surface area contributed by atoms with Crippen molar-refractivity contribution in [2.75, 3.05) is 0 Å². The topological polar surface area (TPSA) is 34.1 Å². The third kappa shape index (κ3) is 1.40. The zero-order valence-electron chi connectivity index (χ0n) is 5.91. The fraction of sp³-hybridized carbons (Fsp3) is 0.714. The lowest BCUT2D eigenvalue weighted by molar-refractivity contribution is 0.589. The highest BCUT2D eigenvalue weighted by molar-refractivity contribution is 7.94. The molecule has 1 saturated carbocycles. The van der Waals surface area contributed by atoms with Crippen molar-refractivity contribution in [3.05, 3.63) is 12.0 Å². The van der Waals surface area contributed by atoms with Crippen molar-refractivity contribution >= 4 is 9.84 Å². The monoisotopic (exact) mass is 160 g/mol. The van der Waals surface area contributed by atoms with Crippen LogP contribution in [0.4, 0.5) is 0 Å². The molecule has 0 heterocycles. The summed E-state index contributed by atoms with van der Waals surface area (Å²) in [7, 11) is -2.93. The van der Waals surface area contributed by atoms with Crippen LogP contribution in [0.2, 0.25) is 0 Å². The average Bonchev–Trinajstić information content (AvgIpc) is 2.38. The molecule has 2 nitrogen and oxygen atoms in total. The lowest BCUT2D eigenvalue weighted by Gasteiger charge is -2.04. The lowest BCUT2D eigenvalue weighted by atomic mass is 10.4. The van der Waals surface area contributed by atoms with Crippen molar-refractivity contribution in [2.45, 2.75) is 30.9 Å². The van der Waals surface area contributed by atoms with Crippen LogP contribution in [0.15, 0.2) is 12.0 Å². The Labute approximate surface area is 61.9 Å². The second-order valence-corrected chi connectivity index (χ2v) is 4.84. The normalized spacial score (nSPS) is 21.2. The number of hydrogen-bond acceptors (Lipinski definition) is 2. The molecule has 0 radical (unpaired) electrons. The third-order valence-corrected chi connectivity index (χ3v) is 3.86. The van der Waals surface area contributed by atoms with Crippen molar-refractivity contribution in [1.82, 2.24) is 0 Å². The molecule has 1 fully saturated rings. The van der Waals surface area contributed by atoms with Crippen LogP contribution in [-0.4, -0.2) is 13.7 Å². The lowest BCUT2D eigenvalue weighted by Crippen LogP contribution is -2.13. The van der Waals surface area contributed by atoms with E-state index < -0.39 is 9.84 Å². The average molecular weight is 160 g/mol. The van der Waals surface area contributed by atoms with Gasteiger partial charge in [0.25, 0.3) is 0 Å². The molecular weight excluding hydrogens is 148 g/mol. The molecule has 0 spiro atoms. The van der Waals surface area contributed by atoms with Gasteiger partial charge in [-0.3, -0.25) is 0 Å². The van der Waals surface area contributed by atoms with Crippen LogP contribution >= 0.6 is 0 Å². The molecule has 3 heteroatoms. The van der Waals surface area contributed by atoms with Crippen LogP contribution in [0.5, 0.6) is 0 Å². The van der Waals surface area contributed by atoms with E-state index in [9.17, 15) is 8.42 Å². The van der Waals surface area contributed by atoms with E-state index in [2.05, 4.69) is 6.58 Å². The maximum atomic E-state index is 11.1. The first kappa shape index (κ1) is 7.79. The largest absolute Gasteiger partial charge is 0.224 e. The number of sulfone groups is 1. The Balaban J connectivity index is 2.72. The molecule has 1 aliphatic carbocycles. The highest BCUT2D eigenvalue weighted by Crippen LogP contribution is 2.25. The molecule has 0 aromatic heterocycles. The summed E-state index contributed by atoms with van der Waals surface area (Å²) in [6, 6.07) is 0. The van der Waals surface area contributed by atoms with Crippen LogP contribution < -0.4 is 0 Å². The van der Waals surface area contributed by atoms with Crippen LogP contribution in [0.25, 0.3) is 0 Å². The Morgan fingerprint density at radius 3 is 2.20 bits per heavy atom. The second kappa shape index (κ2) is 2.74. The quantitative estimate of drug-likeness (QED) is 0.613. The van der Waals surface area contributed by atoms with E-state index in [4.69, 9.17) is 0 Å². The molecule has 0 N–H and O–H groups in total. The Kier molecular flexibility index (Phi) is 2.14. The maximum absolute atomic E-state index is 11.1. The predicted molar refractivity (Wildman–Crippen MR) is 41.4 cm³/mol. The van der Waals surface area contributed by atoms with Gasteiger partial charge in [0.1, 0.15) is 0 Å². The molecule has 10 heavy (non-hydrogen) atoms. The van der Waals surface area contributed by atoms with Crippen LogP contribution in [0.3, 0.4) is 0 Å². The molecule has 0 aromatic carbocycles. The summed E-state index contributed by atoms with van der Waals surface area (Å²) >= 11 is 0. The van der Waals surface area contributed by atoms with Crippen molar-refractivity contribution in [3.63, 3.8) is 0 Å². The molecule has 0 saturated heterocycles. The predicted octanol–water partition coefficient (Wildman–Crippen LogP) is 1.49. The molecule has 0 aliphatic heterocycles. The van der Waals surface area contributed by atoms with E-state index in [1.165, 1.54) is 0 Å². The molecule has 1 aliphatic rings. The van der Waals surface area contributed by atoms with Crippen LogP contribution in [0, 0.1) is 0 Å². The summed E-state index contributed by atoms with van der Waals surface area (Å²) in [5.41, 5.74) is 0. The van der Waals surface area contributed by atoms with Crippen LogP contribution in [-0.2, 0) is 9.84 Å². The van der Waals surface area contributed by atoms with E-state index in [-0.39, 0.29) is 5.25 Å². The summed E-state index contributed by atoms with van der Waals surface area (Å²) in [6.45, 7) is 3.29. The minimum absolute atomic E-state index is 0.120. The summed E-state index contributed by atoms with van der Waals surface area (Å²) in [6.07, 6.45) is 3.76. The number of hydrogen-bond donors (Lipinski definition) is 0. The van der Waals surface area contributed by atoms with Crippen molar-refractivity contribution in [2.24, 2.45) is 0 Å². The highest BCUT2D eigenvalue weighted by atomic mass is 32.2. The van der Waals surface area contributed by atoms with Gasteiger partial charge in [0, 0.05) is 5.41 Å². The fourth-order valence-electron chi connectivity index (χ4n) is 1.35. The summed E-state index contributed by atoms with van der Waals surface area (Å²) in [5.74, 6) is 0. The first-order chi connectivity index (χ1) is 4.67. The Hall–Kier alpha value is -0.310.